The molecule has 1 rings (SSSR count). The summed E-state index contributed by atoms with van der Waals surface area (Å²) in [6.45, 7) is 0. The zero-order valence-electron chi connectivity index (χ0n) is 6.04. The molecule has 0 aliphatic carbocycles. The standard InChI is InChI=1S/C8H5ClN2O/c1-2-7(12)11-8-6(9)4-3-5-10-8/h1,3-5H,(H,10,11,12). The van der Waals surface area contributed by atoms with Crippen molar-refractivity contribution < 1.29 is 4.79 Å². The van der Waals surface area contributed by atoms with Crippen molar-refractivity contribution in [3.8, 4) is 12.3 Å². The molecule has 0 aromatic carbocycles. The second-order valence-corrected chi connectivity index (χ2v) is 2.34. The average Bonchev–Trinajstić information content (AvgIpc) is 2.09. The Bertz CT molecular complexity index is 343. The Kier molecular flexibility index (Phi) is 2.67. The van der Waals surface area contributed by atoms with Gasteiger partial charge in [0.1, 0.15) is 0 Å². The highest BCUT2D eigenvalue weighted by Crippen LogP contribution is 2.16. The van der Waals surface area contributed by atoms with Gasteiger partial charge in [-0.15, -0.1) is 6.42 Å². The van der Waals surface area contributed by atoms with E-state index in [0.29, 0.717) is 5.02 Å². The molecule has 0 saturated heterocycles. The number of hydrogen-bond acceptors (Lipinski definition) is 2. The van der Waals surface area contributed by atoms with E-state index < -0.39 is 5.91 Å². The Morgan fingerprint density at radius 1 is 1.75 bits per heavy atom. The largest absolute Gasteiger partial charge is 0.301 e. The summed E-state index contributed by atoms with van der Waals surface area (Å²) in [5, 5.41) is 2.70. The molecule has 0 unspecified atom stereocenters. The lowest BCUT2D eigenvalue weighted by Crippen LogP contribution is -2.09. The highest BCUT2D eigenvalue weighted by molar-refractivity contribution is 6.33. The van der Waals surface area contributed by atoms with E-state index in [1.807, 2.05) is 5.92 Å². The lowest BCUT2D eigenvalue weighted by molar-refractivity contribution is -0.111. The van der Waals surface area contributed by atoms with Crippen molar-refractivity contribution >= 4 is 23.3 Å². The Balaban J connectivity index is 2.84. The first-order valence-electron chi connectivity index (χ1n) is 3.12. The van der Waals surface area contributed by atoms with E-state index in [9.17, 15) is 4.79 Å². The number of aromatic nitrogens is 1. The van der Waals surface area contributed by atoms with Crippen LogP contribution in [0.5, 0.6) is 0 Å². The summed E-state index contributed by atoms with van der Waals surface area (Å²) in [6.07, 6.45) is 6.35. The van der Waals surface area contributed by atoms with Crippen LogP contribution in [-0.4, -0.2) is 10.9 Å². The molecule has 0 saturated carbocycles. The maximum Gasteiger partial charge on any atom is 0.301 e. The van der Waals surface area contributed by atoms with Gasteiger partial charge in [0.05, 0.1) is 5.02 Å². The van der Waals surface area contributed by atoms with Gasteiger partial charge in [-0.25, -0.2) is 4.98 Å². The van der Waals surface area contributed by atoms with Gasteiger partial charge in [0.2, 0.25) is 0 Å². The van der Waals surface area contributed by atoms with E-state index in [-0.39, 0.29) is 5.82 Å². The molecule has 0 fully saturated rings. The topological polar surface area (TPSA) is 42.0 Å². The van der Waals surface area contributed by atoms with Crippen LogP contribution < -0.4 is 5.32 Å². The van der Waals surface area contributed by atoms with Gasteiger partial charge in [-0.1, -0.05) is 11.6 Å². The number of nitrogens with zero attached hydrogens (tertiary/aromatic N) is 1. The van der Waals surface area contributed by atoms with E-state index >= 15 is 0 Å². The molecule has 3 nitrogen and oxygen atoms in total. The predicted octanol–water partition coefficient (Wildman–Crippen LogP) is 1.31. The van der Waals surface area contributed by atoms with Crippen LogP contribution in [0.3, 0.4) is 0 Å². The SMILES string of the molecule is C#CC(=O)Nc1ncccc1Cl. The predicted molar refractivity (Wildman–Crippen MR) is 46.7 cm³/mol. The van der Waals surface area contributed by atoms with E-state index in [1.165, 1.54) is 6.20 Å². The smallest absolute Gasteiger partial charge is 0.298 e. The van der Waals surface area contributed by atoms with Crippen molar-refractivity contribution in [1.29, 1.82) is 0 Å². The number of terminal acetylenes is 1. The molecule has 1 heterocycles. The number of nitrogens with one attached hydrogen (secondary N) is 1. The van der Waals surface area contributed by atoms with Crippen LogP contribution in [0.2, 0.25) is 5.02 Å². The van der Waals surface area contributed by atoms with Crippen LogP contribution in [0, 0.1) is 12.3 Å². The molecule has 0 atom stereocenters. The number of pyridine rings is 1. The summed E-state index contributed by atoms with van der Waals surface area (Å²) in [5.41, 5.74) is 0. The summed E-state index contributed by atoms with van der Waals surface area (Å²) < 4.78 is 0. The Hall–Kier alpha value is -1.53. The molecule has 12 heavy (non-hydrogen) atoms. The number of hydrogen-bond donors (Lipinski definition) is 1. The molecule has 1 aromatic rings. The third-order valence-electron chi connectivity index (χ3n) is 1.12. The van der Waals surface area contributed by atoms with Gasteiger partial charge < -0.3 is 0 Å². The number of anilines is 1. The molecule has 0 bridgehead atoms. The minimum atomic E-state index is -0.560. The van der Waals surface area contributed by atoms with Crippen LogP contribution in [0.15, 0.2) is 18.3 Å². The fourth-order valence-corrected chi connectivity index (χ4v) is 0.790. The quantitative estimate of drug-likeness (QED) is 0.662. The van der Waals surface area contributed by atoms with Crippen molar-refractivity contribution in [2.24, 2.45) is 0 Å². The monoisotopic (exact) mass is 180 g/mol. The number of carbonyl (C=O) groups excluding carboxylic acids is 1. The van der Waals surface area contributed by atoms with Crippen molar-refractivity contribution in [3.63, 3.8) is 0 Å². The molecule has 60 valence electrons. The van der Waals surface area contributed by atoms with E-state index in [4.69, 9.17) is 18.0 Å². The van der Waals surface area contributed by atoms with Crippen LogP contribution in [0.25, 0.3) is 0 Å². The van der Waals surface area contributed by atoms with Gasteiger partial charge >= 0.3 is 5.91 Å². The minimum absolute atomic E-state index is 0.280. The average molecular weight is 181 g/mol. The first kappa shape index (κ1) is 8.57. The van der Waals surface area contributed by atoms with Gasteiger partial charge in [0.25, 0.3) is 0 Å². The van der Waals surface area contributed by atoms with Crippen molar-refractivity contribution in [2.45, 2.75) is 0 Å². The molecule has 1 aromatic heterocycles. The molecule has 1 amide bonds. The van der Waals surface area contributed by atoms with E-state index in [1.54, 1.807) is 12.1 Å². The van der Waals surface area contributed by atoms with Gasteiger partial charge in [-0.2, -0.15) is 0 Å². The minimum Gasteiger partial charge on any atom is -0.298 e. The fraction of sp³-hybridized carbons (Fsp3) is 0. The third kappa shape index (κ3) is 1.97. The van der Waals surface area contributed by atoms with E-state index in [2.05, 4.69) is 10.3 Å². The highest BCUT2D eigenvalue weighted by Gasteiger charge is 2.02. The van der Waals surface area contributed by atoms with Crippen molar-refractivity contribution in [1.82, 2.24) is 4.98 Å². The first-order valence-corrected chi connectivity index (χ1v) is 3.50. The maximum atomic E-state index is 10.7. The summed E-state index contributed by atoms with van der Waals surface area (Å²) in [4.78, 5) is 14.5. The van der Waals surface area contributed by atoms with Crippen LogP contribution in [0.1, 0.15) is 0 Å². The zero-order valence-corrected chi connectivity index (χ0v) is 6.80. The number of halogens is 1. The molecule has 4 heteroatoms. The highest BCUT2D eigenvalue weighted by atomic mass is 35.5. The normalized spacial score (nSPS) is 8.67. The Morgan fingerprint density at radius 3 is 3.08 bits per heavy atom. The molecule has 1 N–H and O–H groups in total. The second-order valence-electron chi connectivity index (χ2n) is 1.93. The molecular formula is C8H5ClN2O. The molecule has 0 radical (unpaired) electrons. The molecule has 0 spiro atoms. The number of rotatable bonds is 1. The lowest BCUT2D eigenvalue weighted by Gasteiger charge is -2.00. The summed E-state index contributed by atoms with van der Waals surface area (Å²) in [6, 6.07) is 3.27. The zero-order chi connectivity index (χ0) is 8.97. The molecule has 0 aliphatic rings. The fourth-order valence-electron chi connectivity index (χ4n) is 0.621. The third-order valence-corrected chi connectivity index (χ3v) is 1.43. The molecule has 0 aliphatic heterocycles. The van der Waals surface area contributed by atoms with Gasteiger partial charge in [-0.05, 0) is 18.1 Å². The maximum absolute atomic E-state index is 10.7. The van der Waals surface area contributed by atoms with Crippen LogP contribution in [0.4, 0.5) is 5.82 Å². The first-order chi connectivity index (χ1) is 5.74. The van der Waals surface area contributed by atoms with Crippen molar-refractivity contribution in [3.05, 3.63) is 23.4 Å². The van der Waals surface area contributed by atoms with Gasteiger partial charge in [-0.3, -0.25) is 10.1 Å². The number of amides is 1. The second kappa shape index (κ2) is 3.74. The van der Waals surface area contributed by atoms with Crippen molar-refractivity contribution in [2.75, 3.05) is 5.32 Å². The Labute approximate surface area is 74.8 Å². The Morgan fingerprint density at radius 2 is 2.50 bits per heavy atom. The summed E-state index contributed by atoms with van der Waals surface area (Å²) in [7, 11) is 0. The van der Waals surface area contributed by atoms with E-state index in [0.717, 1.165) is 0 Å². The van der Waals surface area contributed by atoms with Gasteiger partial charge in [0.15, 0.2) is 5.82 Å². The lowest BCUT2D eigenvalue weighted by atomic mass is 10.4. The summed E-state index contributed by atoms with van der Waals surface area (Å²) in [5.74, 6) is 1.61. The number of carbonyl (C=O) groups is 1. The summed E-state index contributed by atoms with van der Waals surface area (Å²) >= 11 is 5.68. The van der Waals surface area contributed by atoms with Gasteiger partial charge in [0, 0.05) is 6.20 Å². The van der Waals surface area contributed by atoms with Crippen LogP contribution in [-0.2, 0) is 4.79 Å². The molecular weight excluding hydrogens is 176 g/mol. The van der Waals surface area contributed by atoms with Crippen LogP contribution >= 0.6 is 11.6 Å².